The Bertz CT molecular complexity index is 1560. The van der Waals surface area contributed by atoms with Gasteiger partial charge in [-0.25, -0.2) is 8.42 Å². The van der Waals surface area contributed by atoms with Gasteiger partial charge in [-0.05, 0) is 66.3 Å². The van der Waals surface area contributed by atoms with Gasteiger partial charge in [-0.2, -0.15) is 0 Å². The zero-order chi connectivity index (χ0) is 30.9. The standard InChI is InChI=1S/C32H34Cl2N2O6S/c1-20(2)27(19-35(25-9-4-3-5-10-25)43(40,41)26-15-16-26)36-30(21-11-13-23(33)14-12-21)31(22-7-6-8-24(34)17-22)42-28(32(36)39)18-29(37)38/h3-14,17,20,26-28,30-31H,15-16,18-19H2,1-2H3,(H,37,38)/t27-,28?,30+,31?/m0/s1. The fraction of sp³-hybridized carbons (Fsp3) is 0.375. The molecule has 3 aromatic rings. The molecule has 2 fully saturated rings. The maximum absolute atomic E-state index is 14.3. The largest absolute Gasteiger partial charge is 0.481 e. The number of carbonyl (C=O) groups excluding carboxylic acids is 1. The second-order valence-corrected chi connectivity index (χ2v) is 14.4. The zero-order valence-electron chi connectivity index (χ0n) is 23.8. The Morgan fingerprint density at radius 1 is 0.977 bits per heavy atom. The van der Waals surface area contributed by atoms with Crippen LogP contribution in [0.5, 0.6) is 0 Å². The SMILES string of the molecule is CC(C)[C@H](CN(c1ccccc1)S(=O)(=O)C1CC1)N1C(=O)C(CC(=O)O)OC(c2cccc(Cl)c2)[C@H]1c1ccc(Cl)cc1. The summed E-state index contributed by atoms with van der Waals surface area (Å²) in [6.07, 6.45) is -1.48. The molecule has 228 valence electrons. The van der Waals surface area contributed by atoms with Crippen LogP contribution in [0, 0.1) is 5.92 Å². The number of aliphatic carboxylic acids is 1. The summed E-state index contributed by atoms with van der Waals surface area (Å²) in [6, 6.07) is 21.6. The Morgan fingerprint density at radius 2 is 1.65 bits per heavy atom. The van der Waals surface area contributed by atoms with Crippen LogP contribution in [0.4, 0.5) is 5.69 Å². The maximum Gasteiger partial charge on any atom is 0.306 e. The summed E-state index contributed by atoms with van der Waals surface area (Å²) in [5.41, 5.74) is 1.88. The predicted molar refractivity (Wildman–Crippen MR) is 167 cm³/mol. The number of anilines is 1. The van der Waals surface area contributed by atoms with E-state index in [0.29, 0.717) is 39.7 Å². The third-order valence-electron chi connectivity index (χ3n) is 7.95. The second-order valence-electron chi connectivity index (χ2n) is 11.4. The molecule has 0 aromatic heterocycles. The van der Waals surface area contributed by atoms with Gasteiger partial charge in [0.25, 0.3) is 5.91 Å². The first-order chi connectivity index (χ1) is 20.5. The molecule has 5 rings (SSSR count). The van der Waals surface area contributed by atoms with Crippen molar-refractivity contribution in [2.24, 2.45) is 5.92 Å². The Labute approximate surface area is 262 Å². The van der Waals surface area contributed by atoms with Crippen LogP contribution >= 0.6 is 23.2 Å². The molecule has 1 saturated heterocycles. The van der Waals surface area contributed by atoms with Gasteiger partial charge in [0.2, 0.25) is 10.0 Å². The number of amides is 1. The molecule has 43 heavy (non-hydrogen) atoms. The number of hydrogen-bond donors (Lipinski definition) is 1. The molecule has 1 heterocycles. The summed E-state index contributed by atoms with van der Waals surface area (Å²) < 4.78 is 35.4. The van der Waals surface area contributed by atoms with E-state index in [1.807, 2.05) is 26.0 Å². The molecule has 1 aliphatic heterocycles. The van der Waals surface area contributed by atoms with Crippen molar-refractivity contribution in [3.8, 4) is 0 Å². The van der Waals surface area contributed by atoms with Crippen molar-refractivity contribution < 1.29 is 27.9 Å². The molecule has 1 aliphatic carbocycles. The highest BCUT2D eigenvalue weighted by molar-refractivity contribution is 7.93. The zero-order valence-corrected chi connectivity index (χ0v) is 26.2. The molecule has 0 radical (unpaired) electrons. The number of carbonyl (C=O) groups is 2. The number of rotatable bonds is 11. The highest BCUT2D eigenvalue weighted by Crippen LogP contribution is 2.46. The molecule has 0 bridgehead atoms. The van der Waals surface area contributed by atoms with E-state index in [-0.39, 0.29) is 12.5 Å². The van der Waals surface area contributed by atoms with Crippen LogP contribution in [0.3, 0.4) is 0 Å². The molecule has 8 nitrogen and oxygen atoms in total. The minimum Gasteiger partial charge on any atom is -0.481 e. The van der Waals surface area contributed by atoms with E-state index in [2.05, 4.69) is 0 Å². The van der Waals surface area contributed by atoms with Gasteiger partial charge in [0.1, 0.15) is 12.2 Å². The fourth-order valence-corrected chi connectivity index (χ4v) is 7.84. The summed E-state index contributed by atoms with van der Waals surface area (Å²) in [4.78, 5) is 27.9. The average Bonchev–Trinajstić information content (AvgIpc) is 3.82. The van der Waals surface area contributed by atoms with Gasteiger partial charge in [-0.15, -0.1) is 0 Å². The molecular weight excluding hydrogens is 611 g/mol. The van der Waals surface area contributed by atoms with Crippen LogP contribution in [0.2, 0.25) is 10.0 Å². The first-order valence-corrected chi connectivity index (χ1v) is 16.5. The lowest BCUT2D eigenvalue weighted by Crippen LogP contribution is -2.59. The van der Waals surface area contributed by atoms with Crippen LogP contribution in [0.15, 0.2) is 78.9 Å². The van der Waals surface area contributed by atoms with E-state index in [9.17, 15) is 23.1 Å². The molecule has 0 spiro atoms. The fourth-order valence-electron chi connectivity index (χ4n) is 5.65. The minimum absolute atomic E-state index is 0.0155. The third kappa shape index (κ3) is 6.85. The van der Waals surface area contributed by atoms with Crippen LogP contribution in [-0.2, 0) is 24.3 Å². The number of hydrogen-bond acceptors (Lipinski definition) is 5. The lowest BCUT2D eigenvalue weighted by atomic mass is 9.88. The van der Waals surface area contributed by atoms with Crippen molar-refractivity contribution in [1.82, 2.24) is 4.90 Å². The van der Waals surface area contributed by atoms with Crippen molar-refractivity contribution in [2.75, 3.05) is 10.8 Å². The van der Waals surface area contributed by atoms with Gasteiger partial charge in [-0.1, -0.05) is 79.5 Å². The first kappa shape index (κ1) is 31.3. The lowest BCUT2D eigenvalue weighted by molar-refractivity contribution is -0.184. The van der Waals surface area contributed by atoms with E-state index in [0.717, 1.165) is 0 Å². The van der Waals surface area contributed by atoms with Crippen molar-refractivity contribution in [3.63, 3.8) is 0 Å². The van der Waals surface area contributed by atoms with Gasteiger partial charge >= 0.3 is 5.97 Å². The predicted octanol–water partition coefficient (Wildman–Crippen LogP) is 6.50. The Balaban J connectivity index is 1.67. The number of para-hydroxylation sites is 1. The van der Waals surface area contributed by atoms with Crippen LogP contribution in [-0.4, -0.2) is 54.2 Å². The van der Waals surface area contributed by atoms with Gasteiger partial charge < -0.3 is 14.7 Å². The monoisotopic (exact) mass is 644 g/mol. The molecule has 1 N–H and O–H groups in total. The van der Waals surface area contributed by atoms with Crippen LogP contribution in [0.1, 0.15) is 56.4 Å². The smallest absolute Gasteiger partial charge is 0.306 e. The number of morpholine rings is 1. The minimum atomic E-state index is -3.72. The Kier molecular flexibility index (Phi) is 9.37. The molecule has 3 aromatic carbocycles. The average molecular weight is 646 g/mol. The number of carboxylic acid groups (broad SMARTS) is 1. The molecule has 1 amide bonds. The summed E-state index contributed by atoms with van der Waals surface area (Å²) in [7, 11) is -3.72. The van der Waals surface area contributed by atoms with E-state index < -0.39 is 57.9 Å². The van der Waals surface area contributed by atoms with Crippen molar-refractivity contribution >= 4 is 50.8 Å². The third-order valence-corrected chi connectivity index (χ3v) is 10.7. The van der Waals surface area contributed by atoms with E-state index in [4.69, 9.17) is 27.9 Å². The topological polar surface area (TPSA) is 104 Å². The summed E-state index contributed by atoms with van der Waals surface area (Å²) in [5.74, 6) is -1.92. The molecule has 4 atom stereocenters. The maximum atomic E-state index is 14.3. The number of nitrogens with zero attached hydrogens (tertiary/aromatic N) is 2. The van der Waals surface area contributed by atoms with E-state index >= 15 is 0 Å². The summed E-state index contributed by atoms with van der Waals surface area (Å²) in [6.45, 7) is 3.85. The normalized spacial score (nSPS) is 21.6. The van der Waals surface area contributed by atoms with Crippen molar-refractivity contribution in [2.45, 2.75) is 62.7 Å². The van der Waals surface area contributed by atoms with Crippen LogP contribution in [0.25, 0.3) is 0 Å². The van der Waals surface area contributed by atoms with Gasteiger partial charge in [0, 0.05) is 10.0 Å². The van der Waals surface area contributed by atoms with Crippen LogP contribution < -0.4 is 4.31 Å². The number of benzene rings is 3. The van der Waals surface area contributed by atoms with Gasteiger partial charge in [-0.3, -0.25) is 13.9 Å². The molecule has 11 heteroatoms. The van der Waals surface area contributed by atoms with Gasteiger partial charge in [0.05, 0.1) is 36.0 Å². The highest BCUT2D eigenvalue weighted by Gasteiger charge is 2.50. The first-order valence-electron chi connectivity index (χ1n) is 14.2. The number of sulfonamides is 1. The molecule has 2 aliphatic rings. The number of ether oxygens (including phenoxy) is 1. The Morgan fingerprint density at radius 3 is 2.23 bits per heavy atom. The molecule has 2 unspecified atom stereocenters. The lowest BCUT2D eigenvalue weighted by Gasteiger charge is -2.50. The Hall–Kier alpha value is -3.11. The quantitative estimate of drug-likeness (QED) is 0.255. The highest BCUT2D eigenvalue weighted by atomic mass is 35.5. The summed E-state index contributed by atoms with van der Waals surface area (Å²) >= 11 is 12.6. The van der Waals surface area contributed by atoms with Crippen molar-refractivity contribution in [3.05, 3.63) is 100 Å². The summed E-state index contributed by atoms with van der Waals surface area (Å²) in [5, 5.41) is 10.2. The molecular formula is C32H34Cl2N2O6S. The van der Waals surface area contributed by atoms with Crippen molar-refractivity contribution in [1.29, 1.82) is 0 Å². The van der Waals surface area contributed by atoms with E-state index in [1.54, 1.807) is 71.6 Å². The second kappa shape index (κ2) is 12.9. The van der Waals surface area contributed by atoms with Gasteiger partial charge in [0.15, 0.2) is 0 Å². The number of carboxylic acids is 1. The number of halogens is 2. The molecule has 1 saturated carbocycles. The van der Waals surface area contributed by atoms with E-state index in [1.165, 1.54) is 4.31 Å².